The van der Waals surface area contributed by atoms with Gasteiger partial charge in [-0.15, -0.1) is 0 Å². The van der Waals surface area contributed by atoms with E-state index in [2.05, 4.69) is 5.32 Å². The van der Waals surface area contributed by atoms with Crippen molar-refractivity contribution in [2.75, 3.05) is 6.54 Å². The maximum atomic E-state index is 13.2. The molecule has 2 aliphatic rings. The van der Waals surface area contributed by atoms with E-state index in [1.807, 2.05) is 18.2 Å². The van der Waals surface area contributed by atoms with Crippen molar-refractivity contribution in [1.82, 2.24) is 14.8 Å². The van der Waals surface area contributed by atoms with Gasteiger partial charge in [0, 0.05) is 36.6 Å². The van der Waals surface area contributed by atoms with Crippen LogP contribution in [0.4, 0.5) is 4.39 Å². The highest BCUT2D eigenvalue weighted by atomic mass is 19.1. The minimum absolute atomic E-state index is 0.0489. The van der Waals surface area contributed by atoms with Crippen molar-refractivity contribution in [2.24, 2.45) is 0 Å². The Morgan fingerprint density at radius 1 is 1.06 bits per heavy atom. The van der Waals surface area contributed by atoms with Crippen molar-refractivity contribution < 1.29 is 14.0 Å². The molecule has 7 heteroatoms. The average Bonchev–Trinajstić information content (AvgIpc) is 3.09. The maximum absolute atomic E-state index is 13.2. The summed E-state index contributed by atoms with van der Waals surface area (Å²) in [7, 11) is 0. The van der Waals surface area contributed by atoms with Gasteiger partial charge in [-0.05, 0) is 53.4 Å². The minimum Gasteiger partial charge on any atom is -0.345 e. The summed E-state index contributed by atoms with van der Waals surface area (Å²) in [5.41, 5.74) is 3.67. The van der Waals surface area contributed by atoms with E-state index in [0.717, 1.165) is 16.7 Å². The van der Waals surface area contributed by atoms with Crippen molar-refractivity contribution in [2.45, 2.75) is 25.4 Å². The first kappa shape index (κ1) is 19.2. The van der Waals surface area contributed by atoms with Crippen LogP contribution in [0.25, 0.3) is 5.69 Å². The Hall–Kier alpha value is -3.74. The van der Waals surface area contributed by atoms with Gasteiger partial charge >= 0.3 is 0 Å². The molecular formula is C24H20FN3O3. The molecule has 0 saturated carbocycles. The lowest BCUT2D eigenvalue weighted by Gasteiger charge is -2.30. The molecule has 0 bridgehead atoms. The van der Waals surface area contributed by atoms with E-state index in [0.29, 0.717) is 30.8 Å². The molecule has 5 rings (SSSR count). The monoisotopic (exact) mass is 417 g/mol. The smallest absolute Gasteiger partial charge is 0.255 e. The number of rotatable bonds is 3. The Labute approximate surface area is 177 Å². The number of hydrogen-bond acceptors (Lipinski definition) is 3. The maximum Gasteiger partial charge on any atom is 0.255 e. The summed E-state index contributed by atoms with van der Waals surface area (Å²) in [5.74, 6) is -0.569. The van der Waals surface area contributed by atoms with E-state index >= 15 is 0 Å². The van der Waals surface area contributed by atoms with Crippen LogP contribution in [-0.4, -0.2) is 27.8 Å². The van der Waals surface area contributed by atoms with Crippen LogP contribution in [0, 0.1) is 5.82 Å². The number of fused-ring (bicyclic) bond motifs is 2. The number of amides is 2. The molecular weight excluding hydrogens is 397 g/mol. The highest BCUT2D eigenvalue weighted by Gasteiger charge is 2.31. The third-order valence-corrected chi connectivity index (χ3v) is 5.97. The zero-order valence-electron chi connectivity index (χ0n) is 16.7. The number of nitrogens with zero attached hydrogens (tertiary/aromatic N) is 2. The van der Waals surface area contributed by atoms with E-state index in [1.165, 1.54) is 16.7 Å². The van der Waals surface area contributed by atoms with Gasteiger partial charge in [0.1, 0.15) is 5.82 Å². The van der Waals surface area contributed by atoms with Crippen molar-refractivity contribution >= 4 is 11.8 Å². The minimum atomic E-state index is -0.368. The molecule has 156 valence electrons. The predicted molar refractivity (Wildman–Crippen MR) is 112 cm³/mol. The molecule has 1 N–H and O–H groups in total. The Kier molecular flexibility index (Phi) is 4.66. The number of nitrogens with one attached hydrogen (secondary N) is 1. The van der Waals surface area contributed by atoms with Gasteiger partial charge in [0.15, 0.2) is 0 Å². The highest BCUT2D eigenvalue weighted by Crippen LogP contribution is 2.29. The number of aromatic nitrogens is 1. The van der Waals surface area contributed by atoms with Gasteiger partial charge in [-0.3, -0.25) is 19.0 Å². The standard InChI is InChI=1S/C24H20FN3O3/c25-17-5-7-18(8-6-17)28-14-16-13-27(10-9-15(16)11-23(28)30)22(29)12-21-19-3-1-2-4-20(19)24(31)26-21/h1-8,11,14,21H,9-10,12-13H2,(H,26,31). The van der Waals surface area contributed by atoms with Gasteiger partial charge in [-0.1, -0.05) is 18.2 Å². The molecule has 31 heavy (non-hydrogen) atoms. The summed E-state index contributed by atoms with van der Waals surface area (Å²) in [6, 6.07) is 14.3. The third kappa shape index (κ3) is 3.52. The summed E-state index contributed by atoms with van der Waals surface area (Å²) in [4.78, 5) is 39.4. The van der Waals surface area contributed by atoms with Gasteiger partial charge < -0.3 is 10.2 Å². The summed E-state index contributed by atoms with van der Waals surface area (Å²) < 4.78 is 14.7. The van der Waals surface area contributed by atoms with E-state index in [9.17, 15) is 18.8 Å². The highest BCUT2D eigenvalue weighted by molar-refractivity contribution is 5.99. The molecule has 2 aliphatic heterocycles. The zero-order chi connectivity index (χ0) is 21.5. The lowest BCUT2D eigenvalue weighted by atomic mass is 9.99. The molecule has 0 aliphatic carbocycles. The van der Waals surface area contributed by atoms with Crippen molar-refractivity contribution in [1.29, 1.82) is 0 Å². The summed E-state index contributed by atoms with van der Waals surface area (Å²) in [6.07, 6.45) is 2.51. The van der Waals surface area contributed by atoms with Gasteiger partial charge in [0.05, 0.1) is 12.5 Å². The van der Waals surface area contributed by atoms with Gasteiger partial charge in [-0.2, -0.15) is 0 Å². The third-order valence-electron chi connectivity index (χ3n) is 5.97. The molecule has 3 aromatic rings. The van der Waals surface area contributed by atoms with Gasteiger partial charge in [0.25, 0.3) is 11.5 Å². The lowest BCUT2D eigenvalue weighted by Crippen LogP contribution is -2.38. The van der Waals surface area contributed by atoms with E-state index in [1.54, 1.807) is 35.4 Å². The Morgan fingerprint density at radius 2 is 1.84 bits per heavy atom. The normalized spacial score (nSPS) is 17.1. The van der Waals surface area contributed by atoms with Crippen LogP contribution < -0.4 is 10.9 Å². The number of carbonyl (C=O) groups is 2. The number of hydrogen-bond donors (Lipinski definition) is 1. The number of carbonyl (C=O) groups excluding carboxylic acids is 2. The largest absolute Gasteiger partial charge is 0.345 e. The molecule has 3 heterocycles. The average molecular weight is 417 g/mol. The number of pyridine rings is 1. The van der Waals surface area contributed by atoms with Crippen molar-refractivity contribution in [3.63, 3.8) is 0 Å². The van der Waals surface area contributed by atoms with Crippen LogP contribution in [0.15, 0.2) is 65.6 Å². The number of halogens is 1. The second-order valence-corrected chi connectivity index (χ2v) is 7.89. The fourth-order valence-electron chi connectivity index (χ4n) is 4.33. The SMILES string of the molecule is O=C1NC(CC(=O)N2CCc3cc(=O)n(-c4ccc(F)cc4)cc3C2)c2ccccc21. The molecule has 0 radical (unpaired) electrons. The van der Waals surface area contributed by atoms with Crippen LogP contribution in [0.3, 0.4) is 0 Å². The molecule has 0 saturated heterocycles. The van der Waals surface area contributed by atoms with Crippen molar-refractivity contribution in [3.8, 4) is 5.69 Å². The van der Waals surface area contributed by atoms with E-state index < -0.39 is 0 Å². The van der Waals surface area contributed by atoms with Gasteiger partial charge in [-0.25, -0.2) is 4.39 Å². The quantitative estimate of drug-likeness (QED) is 0.712. The van der Waals surface area contributed by atoms with Crippen LogP contribution in [0.5, 0.6) is 0 Å². The predicted octanol–water partition coefficient (Wildman–Crippen LogP) is 2.74. The second kappa shape index (κ2) is 7.50. The Morgan fingerprint density at radius 3 is 2.65 bits per heavy atom. The first-order valence-electron chi connectivity index (χ1n) is 10.2. The molecule has 1 unspecified atom stereocenters. The molecule has 0 fully saturated rings. The van der Waals surface area contributed by atoms with Gasteiger partial charge in [0.2, 0.25) is 5.91 Å². The van der Waals surface area contributed by atoms with Crippen LogP contribution in [0.2, 0.25) is 0 Å². The molecule has 1 aromatic heterocycles. The topological polar surface area (TPSA) is 71.4 Å². The fraction of sp³-hybridized carbons (Fsp3) is 0.208. The molecule has 2 amide bonds. The van der Waals surface area contributed by atoms with Crippen LogP contribution >= 0.6 is 0 Å². The fourth-order valence-corrected chi connectivity index (χ4v) is 4.33. The lowest BCUT2D eigenvalue weighted by molar-refractivity contribution is -0.132. The summed E-state index contributed by atoms with van der Waals surface area (Å²) in [5, 5.41) is 2.89. The first-order chi connectivity index (χ1) is 15.0. The summed E-state index contributed by atoms with van der Waals surface area (Å²) >= 11 is 0. The van der Waals surface area contributed by atoms with Crippen LogP contribution in [0.1, 0.15) is 39.5 Å². The summed E-state index contributed by atoms with van der Waals surface area (Å²) in [6.45, 7) is 0.909. The van der Waals surface area contributed by atoms with Crippen LogP contribution in [-0.2, 0) is 17.8 Å². The molecule has 0 spiro atoms. The van der Waals surface area contributed by atoms with E-state index in [-0.39, 0.29) is 35.7 Å². The zero-order valence-corrected chi connectivity index (χ0v) is 16.7. The molecule has 6 nitrogen and oxygen atoms in total. The second-order valence-electron chi connectivity index (χ2n) is 7.89. The Bertz CT molecular complexity index is 1250. The van der Waals surface area contributed by atoms with E-state index in [4.69, 9.17) is 0 Å². The Balaban J connectivity index is 1.36. The molecule has 1 atom stereocenters. The van der Waals surface area contributed by atoms with Crippen molar-refractivity contribution in [3.05, 3.63) is 99.2 Å². The first-order valence-corrected chi connectivity index (χ1v) is 10.2. The number of benzene rings is 2. The molecule has 2 aromatic carbocycles.